The lowest BCUT2D eigenvalue weighted by Crippen LogP contribution is -2.49. The first-order chi connectivity index (χ1) is 9.15. The van der Waals surface area contributed by atoms with Gasteiger partial charge in [0.05, 0.1) is 12.1 Å². The van der Waals surface area contributed by atoms with E-state index in [4.69, 9.17) is 5.73 Å². The van der Waals surface area contributed by atoms with Gasteiger partial charge >= 0.3 is 0 Å². The number of hydrogen-bond acceptors (Lipinski definition) is 3. The number of nitrogens with two attached hydrogens (primary N) is 1. The first kappa shape index (κ1) is 13.6. The molecule has 0 saturated heterocycles. The fourth-order valence-electron chi connectivity index (χ4n) is 2.20. The number of hydrogen-bond donors (Lipinski definition) is 2. The standard InChI is InChI=1S/C16H20N2O/c1-18(15-10-6-3-7-11-15)12-16(17,13-19)14-8-4-2-5-9-14/h2-11,19H,12-13,17H2,1H3. The Labute approximate surface area is 114 Å². The normalized spacial score (nSPS) is 13.8. The molecule has 3 heteroatoms. The molecule has 1 unspecified atom stereocenters. The van der Waals surface area contributed by atoms with Crippen LogP contribution in [0.4, 0.5) is 5.69 Å². The van der Waals surface area contributed by atoms with Gasteiger partial charge in [-0.25, -0.2) is 0 Å². The Morgan fingerprint density at radius 1 is 1.00 bits per heavy atom. The zero-order valence-corrected chi connectivity index (χ0v) is 11.2. The van der Waals surface area contributed by atoms with Crippen molar-refractivity contribution in [2.75, 3.05) is 25.1 Å². The maximum absolute atomic E-state index is 9.68. The summed E-state index contributed by atoms with van der Waals surface area (Å²) in [7, 11) is 1.98. The fourth-order valence-corrected chi connectivity index (χ4v) is 2.20. The second-order valence-electron chi connectivity index (χ2n) is 4.87. The highest BCUT2D eigenvalue weighted by Gasteiger charge is 2.28. The van der Waals surface area contributed by atoms with Crippen molar-refractivity contribution in [3.8, 4) is 0 Å². The van der Waals surface area contributed by atoms with Crippen molar-refractivity contribution < 1.29 is 5.11 Å². The molecule has 2 aromatic rings. The molecule has 0 saturated carbocycles. The lowest BCUT2D eigenvalue weighted by atomic mass is 9.91. The summed E-state index contributed by atoms with van der Waals surface area (Å²) in [5.74, 6) is 0. The van der Waals surface area contributed by atoms with Crippen LogP contribution in [0, 0.1) is 0 Å². The second kappa shape index (κ2) is 5.87. The van der Waals surface area contributed by atoms with Crippen LogP contribution in [0.1, 0.15) is 5.56 Å². The quantitative estimate of drug-likeness (QED) is 0.860. The molecule has 1 atom stereocenters. The van der Waals surface area contributed by atoms with Gasteiger partial charge < -0.3 is 15.7 Å². The third kappa shape index (κ3) is 3.13. The Kier molecular flexibility index (Phi) is 4.20. The Balaban J connectivity index is 2.20. The highest BCUT2D eigenvalue weighted by Crippen LogP contribution is 2.21. The zero-order valence-electron chi connectivity index (χ0n) is 11.2. The van der Waals surface area contributed by atoms with Gasteiger partial charge in [0.25, 0.3) is 0 Å². The Hall–Kier alpha value is -1.84. The first-order valence-corrected chi connectivity index (χ1v) is 6.37. The van der Waals surface area contributed by atoms with Gasteiger partial charge in [-0.15, -0.1) is 0 Å². The maximum atomic E-state index is 9.68. The van der Waals surface area contributed by atoms with Crippen LogP contribution in [-0.4, -0.2) is 25.3 Å². The van der Waals surface area contributed by atoms with Crippen molar-refractivity contribution in [1.82, 2.24) is 0 Å². The second-order valence-corrected chi connectivity index (χ2v) is 4.87. The van der Waals surface area contributed by atoms with Crippen molar-refractivity contribution in [2.24, 2.45) is 5.73 Å². The Morgan fingerprint density at radius 2 is 1.53 bits per heavy atom. The molecule has 0 aliphatic rings. The summed E-state index contributed by atoms with van der Waals surface area (Å²) in [6.45, 7) is 0.464. The van der Waals surface area contributed by atoms with E-state index in [2.05, 4.69) is 4.90 Å². The first-order valence-electron chi connectivity index (χ1n) is 6.37. The lowest BCUT2D eigenvalue weighted by molar-refractivity contribution is 0.200. The average Bonchev–Trinajstić information content (AvgIpc) is 2.49. The molecule has 0 heterocycles. The van der Waals surface area contributed by atoms with Gasteiger partial charge in [0.2, 0.25) is 0 Å². The molecule has 0 aromatic heterocycles. The van der Waals surface area contributed by atoms with Crippen LogP contribution in [0.5, 0.6) is 0 Å². The molecular weight excluding hydrogens is 236 g/mol. The summed E-state index contributed by atoms with van der Waals surface area (Å²) in [6, 6.07) is 19.8. The highest BCUT2D eigenvalue weighted by molar-refractivity contribution is 5.46. The van der Waals surface area contributed by atoms with Crippen molar-refractivity contribution in [1.29, 1.82) is 0 Å². The highest BCUT2D eigenvalue weighted by atomic mass is 16.3. The van der Waals surface area contributed by atoms with Crippen LogP contribution in [0.25, 0.3) is 0 Å². The molecule has 0 amide bonds. The molecule has 0 spiro atoms. The van der Waals surface area contributed by atoms with E-state index in [1.807, 2.05) is 67.7 Å². The number of anilines is 1. The van der Waals surface area contributed by atoms with Crippen LogP contribution in [0.15, 0.2) is 60.7 Å². The molecule has 0 radical (unpaired) electrons. The smallest absolute Gasteiger partial charge is 0.0821 e. The van der Waals surface area contributed by atoms with Crippen molar-refractivity contribution in [3.05, 3.63) is 66.2 Å². The minimum Gasteiger partial charge on any atom is -0.394 e. The number of aliphatic hydroxyl groups is 1. The topological polar surface area (TPSA) is 49.5 Å². The maximum Gasteiger partial charge on any atom is 0.0821 e. The fraction of sp³-hybridized carbons (Fsp3) is 0.250. The Bertz CT molecular complexity index is 501. The van der Waals surface area contributed by atoms with Gasteiger partial charge in [0, 0.05) is 19.3 Å². The Morgan fingerprint density at radius 3 is 2.05 bits per heavy atom. The number of para-hydroxylation sites is 1. The molecular formula is C16H20N2O. The number of aliphatic hydroxyl groups excluding tert-OH is 1. The summed E-state index contributed by atoms with van der Waals surface area (Å²) in [5, 5.41) is 9.68. The number of rotatable bonds is 5. The van der Waals surface area contributed by atoms with E-state index in [1.165, 1.54) is 0 Å². The molecule has 3 nitrogen and oxygen atoms in total. The van der Waals surface area contributed by atoms with E-state index >= 15 is 0 Å². The molecule has 3 N–H and O–H groups in total. The molecule has 19 heavy (non-hydrogen) atoms. The monoisotopic (exact) mass is 256 g/mol. The molecule has 0 aliphatic heterocycles. The summed E-state index contributed by atoms with van der Waals surface area (Å²) in [6.07, 6.45) is 0. The van der Waals surface area contributed by atoms with Crippen molar-refractivity contribution >= 4 is 5.69 Å². The van der Waals surface area contributed by atoms with Gasteiger partial charge in [-0.2, -0.15) is 0 Å². The van der Waals surface area contributed by atoms with Crippen LogP contribution in [-0.2, 0) is 5.54 Å². The van der Waals surface area contributed by atoms with E-state index in [0.717, 1.165) is 11.3 Å². The summed E-state index contributed by atoms with van der Waals surface area (Å²) in [5.41, 5.74) is 7.64. The van der Waals surface area contributed by atoms with Crippen LogP contribution in [0.2, 0.25) is 0 Å². The van der Waals surface area contributed by atoms with Crippen LogP contribution in [0.3, 0.4) is 0 Å². The molecule has 100 valence electrons. The molecule has 0 bridgehead atoms. The van der Waals surface area contributed by atoms with Gasteiger partial charge in [-0.05, 0) is 17.7 Å². The SMILES string of the molecule is CN(CC(N)(CO)c1ccccc1)c1ccccc1. The zero-order chi connectivity index (χ0) is 13.7. The largest absolute Gasteiger partial charge is 0.394 e. The third-order valence-corrected chi connectivity index (χ3v) is 3.35. The third-order valence-electron chi connectivity index (χ3n) is 3.35. The van der Waals surface area contributed by atoms with Gasteiger partial charge in [0.1, 0.15) is 0 Å². The van der Waals surface area contributed by atoms with Crippen molar-refractivity contribution in [3.63, 3.8) is 0 Å². The number of nitrogens with zero attached hydrogens (tertiary/aromatic N) is 1. The average molecular weight is 256 g/mol. The van der Waals surface area contributed by atoms with E-state index < -0.39 is 5.54 Å². The van der Waals surface area contributed by atoms with Gasteiger partial charge in [-0.3, -0.25) is 0 Å². The van der Waals surface area contributed by atoms with E-state index in [0.29, 0.717) is 6.54 Å². The van der Waals surface area contributed by atoms with Crippen LogP contribution < -0.4 is 10.6 Å². The minimum atomic E-state index is -0.758. The summed E-state index contributed by atoms with van der Waals surface area (Å²) < 4.78 is 0. The summed E-state index contributed by atoms with van der Waals surface area (Å²) in [4.78, 5) is 2.06. The van der Waals surface area contributed by atoms with Gasteiger partial charge in [-0.1, -0.05) is 48.5 Å². The molecule has 2 rings (SSSR count). The van der Waals surface area contributed by atoms with E-state index in [1.54, 1.807) is 0 Å². The lowest BCUT2D eigenvalue weighted by Gasteiger charge is -2.33. The summed E-state index contributed by atoms with van der Waals surface area (Å²) >= 11 is 0. The van der Waals surface area contributed by atoms with Crippen LogP contribution >= 0.6 is 0 Å². The van der Waals surface area contributed by atoms with Crippen molar-refractivity contribution in [2.45, 2.75) is 5.54 Å². The predicted octanol–water partition coefficient (Wildman–Crippen LogP) is 1.97. The van der Waals surface area contributed by atoms with E-state index in [9.17, 15) is 5.11 Å². The van der Waals surface area contributed by atoms with Gasteiger partial charge in [0.15, 0.2) is 0 Å². The number of likely N-dealkylation sites (N-methyl/N-ethyl adjacent to an activating group) is 1. The number of benzene rings is 2. The molecule has 0 fully saturated rings. The van der Waals surface area contributed by atoms with E-state index in [-0.39, 0.29) is 6.61 Å². The molecule has 0 aliphatic carbocycles. The molecule has 2 aromatic carbocycles. The minimum absolute atomic E-state index is 0.0891. The predicted molar refractivity (Wildman–Crippen MR) is 79.1 cm³/mol.